The first-order valence-corrected chi connectivity index (χ1v) is 14.4. The van der Waals surface area contributed by atoms with Crippen molar-refractivity contribution in [2.45, 2.75) is 25.3 Å². The number of carbonyl (C=O) groups excluding carboxylic acids is 2. The SMILES string of the molecule is O=C(NC(CO[P+](=O)OCC(NC(=O)OCc1ccccc1)c1ccccc1)c1ccccc1)OCc1ccccc1. The van der Waals surface area contributed by atoms with Crippen LogP contribution in [-0.2, 0) is 36.3 Å². The van der Waals surface area contributed by atoms with Gasteiger partial charge in [-0.15, -0.1) is 9.05 Å². The molecule has 0 radical (unpaired) electrons. The van der Waals surface area contributed by atoms with Crippen molar-refractivity contribution < 1.29 is 32.7 Å². The Kier molecular flexibility index (Phi) is 12.0. The summed E-state index contributed by atoms with van der Waals surface area (Å²) < 4.78 is 34.4. The van der Waals surface area contributed by atoms with Gasteiger partial charge in [0.15, 0.2) is 0 Å². The number of hydrogen-bond donors (Lipinski definition) is 2. The Morgan fingerprint density at radius 3 is 1.24 bits per heavy atom. The summed E-state index contributed by atoms with van der Waals surface area (Å²) in [5.74, 6) is 0. The number of alkyl carbamates (subject to hydrolysis) is 2. The van der Waals surface area contributed by atoms with Crippen LogP contribution in [0.15, 0.2) is 121 Å². The average molecular weight is 588 g/mol. The molecule has 2 N–H and O–H groups in total. The van der Waals surface area contributed by atoms with Gasteiger partial charge in [0, 0.05) is 4.57 Å². The minimum absolute atomic E-state index is 0.105. The van der Waals surface area contributed by atoms with Crippen molar-refractivity contribution in [1.29, 1.82) is 0 Å². The molecule has 10 heteroatoms. The fourth-order valence-electron chi connectivity index (χ4n) is 3.94. The van der Waals surface area contributed by atoms with Crippen molar-refractivity contribution in [3.8, 4) is 0 Å². The Bertz CT molecular complexity index is 1290. The molecule has 0 aliphatic heterocycles. The molecule has 0 aliphatic rings. The average Bonchev–Trinajstić information content (AvgIpc) is 3.04. The number of rotatable bonds is 14. The van der Waals surface area contributed by atoms with Gasteiger partial charge in [0.25, 0.3) is 0 Å². The van der Waals surface area contributed by atoms with Gasteiger partial charge in [0.1, 0.15) is 26.4 Å². The molecule has 4 aromatic rings. The van der Waals surface area contributed by atoms with Crippen LogP contribution in [0, 0.1) is 0 Å². The first-order valence-electron chi connectivity index (χ1n) is 13.3. The second kappa shape index (κ2) is 16.6. The molecule has 9 nitrogen and oxygen atoms in total. The Morgan fingerprint density at radius 2 is 0.881 bits per heavy atom. The van der Waals surface area contributed by atoms with E-state index in [2.05, 4.69) is 10.6 Å². The number of nitrogens with one attached hydrogen (secondary N) is 2. The monoisotopic (exact) mass is 587 g/mol. The number of amides is 2. The third kappa shape index (κ3) is 10.4. The van der Waals surface area contributed by atoms with Gasteiger partial charge in [-0.25, -0.2) is 9.59 Å². The minimum atomic E-state index is -2.60. The molecule has 0 bridgehead atoms. The normalized spacial score (nSPS) is 12.4. The van der Waals surface area contributed by atoms with E-state index < -0.39 is 32.5 Å². The van der Waals surface area contributed by atoms with E-state index in [-0.39, 0.29) is 26.4 Å². The maximum atomic E-state index is 12.7. The lowest BCUT2D eigenvalue weighted by Gasteiger charge is -2.17. The van der Waals surface area contributed by atoms with E-state index in [9.17, 15) is 14.2 Å². The van der Waals surface area contributed by atoms with Crippen molar-refractivity contribution in [3.05, 3.63) is 144 Å². The van der Waals surface area contributed by atoms with Crippen LogP contribution < -0.4 is 10.6 Å². The summed E-state index contributed by atoms with van der Waals surface area (Å²) in [4.78, 5) is 25.0. The topological polar surface area (TPSA) is 112 Å². The number of carbonyl (C=O) groups is 2. The van der Waals surface area contributed by atoms with E-state index >= 15 is 0 Å². The lowest BCUT2D eigenvalue weighted by atomic mass is 10.1. The summed E-state index contributed by atoms with van der Waals surface area (Å²) >= 11 is 0. The standard InChI is InChI=1S/C32H31N2O7P/c35-31(38-21-25-13-5-1-6-14-25)33-29(27-17-9-3-10-18-27)23-40-42(37)41-24-30(28-19-11-4-12-20-28)34-32(36)39-22-26-15-7-2-8-16-26/h1-20,29-30H,21-24H2,(H-,33,34,35,36)/p+1. The molecule has 4 aromatic carbocycles. The Balaban J connectivity index is 1.30. The second-order valence-electron chi connectivity index (χ2n) is 9.15. The molecule has 2 amide bonds. The van der Waals surface area contributed by atoms with Gasteiger partial charge < -0.3 is 20.1 Å². The van der Waals surface area contributed by atoms with Crippen LogP contribution in [-0.4, -0.2) is 25.4 Å². The van der Waals surface area contributed by atoms with Crippen molar-refractivity contribution >= 4 is 20.4 Å². The lowest BCUT2D eigenvalue weighted by Crippen LogP contribution is -2.32. The Labute approximate surface area is 245 Å². The highest BCUT2D eigenvalue weighted by Gasteiger charge is 2.28. The third-order valence-corrected chi connectivity index (χ3v) is 6.83. The molecule has 4 rings (SSSR count). The molecule has 2 atom stereocenters. The lowest BCUT2D eigenvalue weighted by molar-refractivity contribution is 0.125. The molecule has 2 unspecified atom stereocenters. The summed E-state index contributed by atoms with van der Waals surface area (Å²) in [6, 6.07) is 35.6. The molecular formula is C32H32N2O7P+. The maximum absolute atomic E-state index is 12.7. The highest BCUT2D eigenvalue weighted by Crippen LogP contribution is 2.29. The van der Waals surface area contributed by atoms with Crippen molar-refractivity contribution in [2.24, 2.45) is 0 Å². The van der Waals surface area contributed by atoms with E-state index in [1.807, 2.05) is 121 Å². The smallest absolute Gasteiger partial charge is 0.445 e. The number of ether oxygens (including phenoxy) is 2. The van der Waals surface area contributed by atoms with Crippen LogP contribution in [0.5, 0.6) is 0 Å². The molecule has 0 aliphatic carbocycles. The highest BCUT2D eigenvalue weighted by atomic mass is 31.1. The van der Waals surface area contributed by atoms with Gasteiger partial charge in [0.05, 0.1) is 12.1 Å². The molecule has 216 valence electrons. The zero-order valence-corrected chi connectivity index (χ0v) is 23.7. The van der Waals surface area contributed by atoms with Gasteiger partial charge in [-0.2, -0.15) is 0 Å². The fraction of sp³-hybridized carbons (Fsp3) is 0.188. The summed E-state index contributed by atoms with van der Waals surface area (Å²) in [7, 11) is -2.60. The van der Waals surface area contributed by atoms with Gasteiger partial charge in [-0.3, -0.25) is 0 Å². The van der Waals surface area contributed by atoms with Crippen molar-refractivity contribution in [3.63, 3.8) is 0 Å². The second-order valence-corrected chi connectivity index (χ2v) is 10.1. The largest absolute Gasteiger partial charge is 0.697 e. The van der Waals surface area contributed by atoms with Crippen molar-refractivity contribution in [2.75, 3.05) is 13.2 Å². The number of benzene rings is 4. The molecule has 42 heavy (non-hydrogen) atoms. The van der Waals surface area contributed by atoms with Gasteiger partial charge in [-0.05, 0) is 22.3 Å². The van der Waals surface area contributed by atoms with Crippen LogP contribution in [0.1, 0.15) is 34.3 Å². The number of hydrogen-bond acceptors (Lipinski definition) is 7. The summed E-state index contributed by atoms with van der Waals surface area (Å²) in [6.45, 7) is -0.0629. The van der Waals surface area contributed by atoms with Gasteiger partial charge >= 0.3 is 20.4 Å². The molecule has 0 heterocycles. The van der Waals surface area contributed by atoms with Crippen LogP contribution in [0.3, 0.4) is 0 Å². The predicted molar refractivity (Wildman–Crippen MR) is 157 cm³/mol. The van der Waals surface area contributed by atoms with Gasteiger partial charge in [-0.1, -0.05) is 121 Å². The highest BCUT2D eigenvalue weighted by molar-refractivity contribution is 7.33. The molecule has 0 fully saturated rings. The molecular weight excluding hydrogens is 555 g/mol. The Morgan fingerprint density at radius 1 is 0.548 bits per heavy atom. The van der Waals surface area contributed by atoms with E-state index in [0.29, 0.717) is 0 Å². The maximum Gasteiger partial charge on any atom is 0.697 e. The van der Waals surface area contributed by atoms with E-state index in [1.54, 1.807) is 0 Å². The van der Waals surface area contributed by atoms with Crippen LogP contribution in [0.4, 0.5) is 9.59 Å². The zero-order valence-electron chi connectivity index (χ0n) is 22.8. The van der Waals surface area contributed by atoms with Crippen LogP contribution in [0.25, 0.3) is 0 Å². The van der Waals surface area contributed by atoms with Crippen LogP contribution in [0.2, 0.25) is 0 Å². The van der Waals surface area contributed by atoms with E-state index in [1.165, 1.54) is 0 Å². The summed E-state index contributed by atoms with van der Waals surface area (Å²) in [5, 5.41) is 5.52. The molecule has 0 aromatic heterocycles. The Hall–Kier alpha value is -4.56. The first kappa shape index (κ1) is 30.4. The van der Waals surface area contributed by atoms with Gasteiger partial charge in [0.2, 0.25) is 0 Å². The molecule has 0 saturated heterocycles. The van der Waals surface area contributed by atoms with Crippen molar-refractivity contribution in [1.82, 2.24) is 10.6 Å². The first-order chi connectivity index (χ1) is 20.6. The molecule has 0 spiro atoms. The summed E-state index contributed by atoms with van der Waals surface area (Å²) in [5.41, 5.74) is 3.18. The predicted octanol–water partition coefficient (Wildman–Crippen LogP) is 7.01. The summed E-state index contributed by atoms with van der Waals surface area (Å²) in [6.07, 6.45) is -1.29. The van der Waals surface area contributed by atoms with E-state index in [4.69, 9.17) is 18.5 Å². The minimum Gasteiger partial charge on any atom is -0.445 e. The molecule has 0 saturated carbocycles. The fourth-order valence-corrected chi connectivity index (χ4v) is 4.55. The van der Waals surface area contributed by atoms with Crippen LogP contribution >= 0.6 is 8.25 Å². The third-order valence-electron chi connectivity index (χ3n) is 6.11. The zero-order chi connectivity index (χ0) is 29.4. The quantitative estimate of drug-likeness (QED) is 0.153. The van der Waals surface area contributed by atoms with E-state index in [0.717, 1.165) is 22.3 Å².